The van der Waals surface area contributed by atoms with E-state index in [9.17, 15) is 4.79 Å². The summed E-state index contributed by atoms with van der Waals surface area (Å²) in [6, 6.07) is 0. The lowest BCUT2D eigenvalue weighted by Crippen LogP contribution is -2.24. The van der Waals surface area contributed by atoms with Crippen molar-refractivity contribution in [2.24, 2.45) is 5.92 Å². The predicted octanol–water partition coefficient (Wildman–Crippen LogP) is 0.744. The van der Waals surface area contributed by atoms with Crippen molar-refractivity contribution >= 4 is 5.97 Å². The molecule has 0 amide bonds. The van der Waals surface area contributed by atoms with Crippen LogP contribution in [0.5, 0.6) is 0 Å². The molecule has 3 atom stereocenters. The van der Waals surface area contributed by atoms with Crippen molar-refractivity contribution in [2.75, 3.05) is 20.3 Å². The molecule has 1 saturated carbocycles. The number of carbonyl (C=O) groups is 1. The lowest BCUT2D eigenvalue weighted by atomic mass is 9.89. The highest BCUT2D eigenvalue weighted by atomic mass is 16.6. The van der Waals surface area contributed by atoms with Gasteiger partial charge in [0.25, 0.3) is 0 Å². The number of hydrogen-bond donors (Lipinski definition) is 0. The van der Waals surface area contributed by atoms with Crippen LogP contribution < -0.4 is 0 Å². The van der Waals surface area contributed by atoms with Gasteiger partial charge in [-0.3, -0.25) is 4.79 Å². The molecule has 0 aromatic rings. The van der Waals surface area contributed by atoms with Gasteiger partial charge in [-0.2, -0.15) is 0 Å². The number of hydrogen-bond acceptors (Lipinski definition) is 4. The van der Waals surface area contributed by atoms with Crippen LogP contribution in [0.1, 0.15) is 19.3 Å². The molecule has 0 N–H and O–H groups in total. The summed E-state index contributed by atoms with van der Waals surface area (Å²) in [6.45, 7) is 0.835. The van der Waals surface area contributed by atoms with E-state index in [1.165, 1.54) is 0 Å². The Bertz CT molecular complexity index is 216. The van der Waals surface area contributed by atoms with E-state index in [0.29, 0.717) is 25.4 Å². The van der Waals surface area contributed by atoms with Gasteiger partial charge in [0.15, 0.2) is 0 Å². The van der Waals surface area contributed by atoms with E-state index in [2.05, 4.69) is 0 Å². The Morgan fingerprint density at radius 1 is 1.36 bits per heavy atom. The van der Waals surface area contributed by atoms with Gasteiger partial charge < -0.3 is 14.2 Å². The maximum Gasteiger partial charge on any atom is 0.309 e. The zero-order valence-electron chi connectivity index (χ0n) is 8.40. The van der Waals surface area contributed by atoms with Crippen molar-refractivity contribution in [1.29, 1.82) is 0 Å². The first-order chi connectivity index (χ1) is 6.81. The first-order valence-corrected chi connectivity index (χ1v) is 5.12. The van der Waals surface area contributed by atoms with E-state index in [1.54, 1.807) is 7.11 Å². The lowest BCUT2D eigenvalue weighted by molar-refractivity contribution is -0.150. The quantitative estimate of drug-likeness (QED) is 0.381. The standard InChI is InChI=1S/C10H16O4/c1-12-4-5-13-10(11)7-2-3-8-9(6-7)14-8/h7-9H,2-6H2,1H3. The molecule has 4 heteroatoms. The molecule has 2 aliphatic rings. The van der Waals surface area contributed by atoms with Gasteiger partial charge in [0, 0.05) is 7.11 Å². The smallest absolute Gasteiger partial charge is 0.309 e. The monoisotopic (exact) mass is 200 g/mol. The van der Waals surface area contributed by atoms with E-state index in [4.69, 9.17) is 14.2 Å². The number of methoxy groups -OCH3 is 1. The van der Waals surface area contributed by atoms with Crippen LogP contribution in [0, 0.1) is 5.92 Å². The second-order valence-corrected chi connectivity index (χ2v) is 3.88. The molecule has 0 aromatic heterocycles. The summed E-state index contributed by atoms with van der Waals surface area (Å²) in [5.74, 6) is -0.0355. The molecular formula is C10H16O4. The highest BCUT2D eigenvalue weighted by Gasteiger charge is 2.46. The summed E-state index contributed by atoms with van der Waals surface area (Å²) in [5.41, 5.74) is 0. The number of epoxide rings is 1. The summed E-state index contributed by atoms with van der Waals surface area (Å²) in [7, 11) is 1.59. The van der Waals surface area contributed by atoms with Crippen LogP contribution in [-0.2, 0) is 19.0 Å². The van der Waals surface area contributed by atoms with Gasteiger partial charge in [-0.1, -0.05) is 0 Å². The Morgan fingerprint density at radius 3 is 2.93 bits per heavy atom. The third-order valence-corrected chi connectivity index (χ3v) is 2.87. The van der Waals surface area contributed by atoms with E-state index < -0.39 is 0 Å². The molecule has 0 bridgehead atoms. The highest BCUT2D eigenvalue weighted by molar-refractivity contribution is 5.72. The average Bonchev–Trinajstić information content (AvgIpc) is 2.95. The van der Waals surface area contributed by atoms with Gasteiger partial charge >= 0.3 is 5.97 Å². The van der Waals surface area contributed by atoms with Crippen LogP contribution in [0.15, 0.2) is 0 Å². The fourth-order valence-corrected chi connectivity index (χ4v) is 1.96. The summed E-state index contributed by atoms with van der Waals surface area (Å²) in [5, 5.41) is 0. The van der Waals surface area contributed by atoms with E-state index in [-0.39, 0.29) is 11.9 Å². The zero-order chi connectivity index (χ0) is 9.97. The first kappa shape index (κ1) is 9.93. The summed E-state index contributed by atoms with van der Waals surface area (Å²) in [6.07, 6.45) is 3.54. The van der Waals surface area contributed by atoms with Gasteiger partial charge in [0.1, 0.15) is 6.61 Å². The molecule has 80 valence electrons. The molecule has 1 saturated heterocycles. The minimum atomic E-state index is -0.0870. The normalized spacial score (nSPS) is 34.8. The largest absolute Gasteiger partial charge is 0.463 e. The molecule has 0 radical (unpaired) electrons. The van der Waals surface area contributed by atoms with Gasteiger partial charge in [-0.15, -0.1) is 0 Å². The second-order valence-electron chi connectivity index (χ2n) is 3.88. The van der Waals surface area contributed by atoms with Crippen molar-refractivity contribution in [1.82, 2.24) is 0 Å². The minimum Gasteiger partial charge on any atom is -0.463 e. The van der Waals surface area contributed by atoms with Crippen molar-refractivity contribution < 1.29 is 19.0 Å². The van der Waals surface area contributed by atoms with E-state index in [0.717, 1.165) is 19.3 Å². The Hall–Kier alpha value is -0.610. The van der Waals surface area contributed by atoms with Crippen LogP contribution in [0.3, 0.4) is 0 Å². The van der Waals surface area contributed by atoms with E-state index >= 15 is 0 Å². The minimum absolute atomic E-state index is 0.0515. The Labute approximate surface area is 83.5 Å². The Morgan fingerprint density at radius 2 is 2.21 bits per heavy atom. The van der Waals surface area contributed by atoms with Crippen molar-refractivity contribution in [2.45, 2.75) is 31.5 Å². The molecule has 1 aliphatic heterocycles. The van der Waals surface area contributed by atoms with Crippen LogP contribution in [-0.4, -0.2) is 38.5 Å². The van der Waals surface area contributed by atoms with Gasteiger partial charge in [0.2, 0.25) is 0 Å². The highest BCUT2D eigenvalue weighted by Crippen LogP contribution is 2.39. The van der Waals surface area contributed by atoms with Crippen LogP contribution in [0.25, 0.3) is 0 Å². The molecule has 2 rings (SSSR count). The third kappa shape index (κ3) is 2.25. The average molecular weight is 200 g/mol. The maximum atomic E-state index is 11.5. The number of carbonyl (C=O) groups excluding carboxylic acids is 1. The Kier molecular flexibility index (Phi) is 3.03. The molecule has 1 aliphatic carbocycles. The molecular weight excluding hydrogens is 184 g/mol. The number of fused-ring (bicyclic) bond motifs is 1. The molecule has 4 nitrogen and oxygen atoms in total. The first-order valence-electron chi connectivity index (χ1n) is 5.12. The molecule has 3 unspecified atom stereocenters. The number of ether oxygens (including phenoxy) is 3. The van der Waals surface area contributed by atoms with Crippen LogP contribution in [0.4, 0.5) is 0 Å². The van der Waals surface area contributed by atoms with Crippen LogP contribution in [0.2, 0.25) is 0 Å². The number of rotatable bonds is 4. The molecule has 0 aromatic carbocycles. The summed E-state index contributed by atoms with van der Waals surface area (Å²) < 4.78 is 15.2. The predicted molar refractivity (Wildman–Crippen MR) is 48.8 cm³/mol. The summed E-state index contributed by atoms with van der Waals surface area (Å²) >= 11 is 0. The molecule has 14 heavy (non-hydrogen) atoms. The summed E-state index contributed by atoms with van der Waals surface area (Å²) in [4.78, 5) is 11.5. The molecule has 0 spiro atoms. The maximum absolute atomic E-state index is 11.5. The SMILES string of the molecule is COCCOC(=O)C1CCC2OC2C1. The fourth-order valence-electron chi connectivity index (χ4n) is 1.96. The van der Waals surface area contributed by atoms with Gasteiger partial charge in [0.05, 0.1) is 24.7 Å². The van der Waals surface area contributed by atoms with Crippen molar-refractivity contribution in [3.05, 3.63) is 0 Å². The molecule has 2 fully saturated rings. The van der Waals surface area contributed by atoms with Gasteiger partial charge in [-0.05, 0) is 19.3 Å². The second kappa shape index (κ2) is 4.28. The molecule has 1 heterocycles. The third-order valence-electron chi connectivity index (χ3n) is 2.87. The van der Waals surface area contributed by atoms with Crippen LogP contribution >= 0.6 is 0 Å². The zero-order valence-corrected chi connectivity index (χ0v) is 8.40. The van der Waals surface area contributed by atoms with Crippen molar-refractivity contribution in [3.8, 4) is 0 Å². The van der Waals surface area contributed by atoms with Gasteiger partial charge in [-0.25, -0.2) is 0 Å². The topological polar surface area (TPSA) is 48.1 Å². The Balaban J connectivity index is 1.68. The number of esters is 1. The fraction of sp³-hybridized carbons (Fsp3) is 0.900. The lowest BCUT2D eigenvalue weighted by Gasteiger charge is -2.17. The van der Waals surface area contributed by atoms with E-state index in [1.807, 2.05) is 0 Å². The van der Waals surface area contributed by atoms with Crippen molar-refractivity contribution in [3.63, 3.8) is 0 Å².